The topological polar surface area (TPSA) is 87.2 Å². The van der Waals surface area contributed by atoms with Gasteiger partial charge < -0.3 is 5.73 Å². The second-order valence-corrected chi connectivity index (χ2v) is 6.49. The number of hydrogen-bond donors (Lipinski definition) is 1. The molecule has 1 aromatic rings. The summed E-state index contributed by atoms with van der Waals surface area (Å²) in [7, 11) is -4.46. The van der Waals surface area contributed by atoms with E-state index in [1.165, 1.54) is 19.9 Å². The molecule has 1 aromatic carbocycles. The van der Waals surface area contributed by atoms with Gasteiger partial charge in [-0.1, -0.05) is 0 Å². The number of benzene rings is 1. The maximum Gasteiger partial charge on any atom is 0.402 e. The predicted octanol–water partition coefficient (Wildman–Crippen LogP) is 2.10. The highest BCUT2D eigenvalue weighted by molar-refractivity contribution is 7.89. The second-order valence-electron chi connectivity index (χ2n) is 4.63. The molecule has 0 amide bonds. The Bertz CT molecular complexity index is 663. The zero-order chi connectivity index (χ0) is 16.4. The first-order chi connectivity index (χ1) is 9.49. The van der Waals surface area contributed by atoms with E-state index >= 15 is 0 Å². The van der Waals surface area contributed by atoms with Gasteiger partial charge in [0.1, 0.15) is 17.5 Å². The van der Waals surface area contributed by atoms with Crippen LogP contribution in [0.2, 0.25) is 0 Å². The van der Waals surface area contributed by atoms with Crippen LogP contribution in [0.3, 0.4) is 0 Å². The minimum Gasteiger partial charge on any atom is -0.399 e. The van der Waals surface area contributed by atoms with Crippen molar-refractivity contribution < 1.29 is 21.6 Å². The molecule has 0 radical (unpaired) electrons. The van der Waals surface area contributed by atoms with Crippen LogP contribution in [-0.2, 0) is 10.0 Å². The maximum absolute atomic E-state index is 12.6. The largest absolute Gasteiger partial charge is 0.402 e. The second kappa shape index (κ2) is 5.91. The molecule has 0 aliphatic heterocycles. The number of hydrogen-bond acceptors (Lipinski definition) is 4. The first-order valence-corrected chi connectivity index (χ1v) is 7.31. The van der Waals surface area contributed by atoms with Crippen LogP contribution >= 0.6 is 0 Å². The molecule has 0 heterocycles. The van der Waals surface area contributed by atoms with Gasteiger partial charge in [-0.3, -0.25) is 0 Å². The molecule has 1 rings (SSSR count). The van der Waals surface area contributed by atoms with Crippen LogP contribution in [0.5, 0.6) is 0 Å². The first-order valence-electron chi connectivity index (χ1n) is 5.87. The van der Waals surface area contributed by atoms with Crippen molar-refractivity contribution in [1.82, 2.24) is 4.31 Å². The number of sulfonamides is 1. The van der Waals surface area contributed by atoms with E-state index in [1.807, 2.05) is 0 Å². The summed E-state index contributed by atoms with van der Waals surface area (Å²) in [6.45, 7) is 1.03. The highest BCUT2D eigenvalue weighted by Crippen LogP contribution is 2.27. The molecular formula is C12H14F3N3O2S. The van der Waals surface area contributed by atoms with E-state index in [-0.39, 0.29) is 11.3 Å². The third-order valence-corrected chi connectivity index (χ3v) is 4.70. The molecule has 0 bridgehead atoms. The van der Waals surface area contributed by atoms with Crippen LogP contribution in [0.15, 0.2) is 23.1 Å². The molecule has 5 nitrogen and oxygen atoms in total. The van der Waals surface area contributed by atoms with E-state index in [1.54, 1.807) is 6.07 Å². The van der Waals surface area contributed by atoms with Crippen molar-refractivity contribution >= 4 is 15.7 Å². The molecule has 2 N–H and O–H groups in total. The normalized spacial score (nSPS) is 12.7. The quantitative estimate of drug-likeness (QED) is 0.860. The smallest absolute Gasteiger partial charge is 0.399 e. The fourth-order valence-electron chi connectivity index (χ4n) is 1.71. The number of nitrogen functional groups attached to an aromatic ring is 1. The highest BCUT2D eigenvalue weighted by atomic mass is 32.2. The number of alkyl halides is 3. The molecule has 9 heteroatoms. The molecular weight excluding hydrogens is 307 g/mol. The minimum atomic E-state index is -4.68. The van der Waals surface area contributed by atoms with Gasteiger partial charge in [-0.2, -0.15) is 22.7 Å². The Kier molecular flexibility index (Phi) is 4.86. The van der Waals surface area contributed by atoms with Gasteiger partial charge in [-0.25, -0.2) is 8.42 Å². The van der Waals surface area contributed by atoms with Gasteiger partial charge in [0, 0.05) is 11.7 Å². The van der Waals surface area contributed by atoms with Crippen molar-refractivity contribution in [3.63, 3.8) is 0 Å². The van der Waals surface area contributed by atoms with Crippen molar-refractivity contribution in [2.24, 2.45) is 0 Å². The van der Waals surface area contributed by atoms with E-state index in [2.05, 4.69) is 0 Å². The summed E-state index contributed by atoms with van der Waals surface area (Å²) in [6.07, 6.45) is -4.68. The molecule has 0 aliphatic rings. The zero-order valence-electron chi connectivity index (χ0n) is 11.3. The number of rotatable bonds is 4. The molecule has 0 unspecified atom stereocenters. The Labute approximate surface area is 120 Å². The van der Waals surface area contributed by atoms with Crippen LogP contribution < -0.4 is 5.73 Å². The Morgan fingerprint density at radius 2 is 1.95 bits per heavy atom. The monoisotopic (exact) mass is 321 g/mol. The molecule has 0 saturated carbocycles. The van der Waals surface area contributed by atoms with Gasteiger partial charge in [0.25, 0.3) is 0 Å². The number of nitrogens with zero attached hydrogens (tertiary/aromatic N) is 2. The summed E-state index contributed by atoms with van der Waals surface area (Å²) in [5, 5.41) is 8.95. The van der Waals surface area contributed by atoms with Crippen LogP contribution in [0.4, 0.5) is 18.9 Å². The summed E-state index contributed by atoms with van der Waals surface area (Å²) >= 11 is 0. The lowest BCUT2D eigenvalue weighted by atomic mass is 10.2. The molecule has 0 aromatic heterocycles. The molecule has 116 valence electrons. The van der Waals surface area contributed by atoms with E-state index in [9.17, 15) is 21.6 Å². The standard InChI is InChI=1S/C12H14F3N3O2S/c1-8(2)18(7-12(13,14)15)21(19,20)11-4-3-10(17)5-9(11)6-16/h3-5,8H,7,17H2,1-2H3. The van der Waals surface area contributed by atoms with Gasteiger partial charge in [-0.15, -0.1) is 0 Å². The number of nitrogens with two attached hydrogens (primary N) is 1. The van der Waals surface area contributed by atoms with Crippen molar-refractivity contribution in [2.45, 2.75) is 31.0 Å². The average molecular weight is 321 g/mol. The van der Waals surface area contributed by atoms with Crippen LogP contribution in [-0.4, -0.2) is 31.5 Å². The highest BCUT2D eigenvalue weighted by Gasteiger charge is 2.39. The minimum absolute atomic E-state index is 0.150. The lowest BCUT2D eigenvalue weighted by Gasteiger charge is -2.27. The summed E-state index contributed by atoms with van der Waals surface area (Å²) < 4.78 is 62.8. The Hall–Kier alpha value is -1.79. The molecule has 0 aliphatic carbocycles. The van der Waals surface area contributed by atoms with Gasteiger partial charge >= 0.3 is 6.18 Å². The van der Waals surface area contributed by atoms with E-state index in [4.69, 9.17) is 11.0 Å². The van der Waals surface area contributed by atoms with Crippen molar-refractivity contribution in [1.29, 1.82) is 5.26 Å². The van der Waals surface area contributed by atoms with Gasteiger partial charge in [0.05, 0.1) is 5.56 Å². The summed E-state index contributed by atoms with van der Waals surface area (Å²) in [4.78, 5) is -0.489. The van der Waals surface area contributed by atoms with Crippen molar-refractivity contribution in [3.8, 4) is 6.07 Å². The van der Waals surface area contributed by atoms with Gasteiger partial charge in [0.15, 0.2) is 0 Å². The lowest BCUT2D eigenvalue weighted by Crippen LogP contribution is -2.43. The fourth-order valence-corrected chi connectivity index (χ4v) is 3.45. The first kappa shape index (κ1) is 17.3. The number of halogens is 3. The maximum atomic E-state index is 12.6. The average Bonchev–Trinajstić information content (AvgIpc) is 2.34. The number of anilines is 1. The van der Waals surface area contributed by atoms with Crippen molar-refractivity contribution in [2.75, 3.05) is 12.3 Å². The Morgan fingerprint density at radius 1 is 1.38 bits per heavy atom. The van der Waals surface area contributed by atoms with Gasteiger partial charge in [0.2, 0.25) is 10.0 Å². The Morgan fingerprint density at radius 3 is 2.38 bits per heavy atom. The molecule has 0 fully saturated rings. The summed E-state index contributed by atoms with van der Waals surface area (Å²) in [5.74, 6) is 0. The molecule has 21 heavy (non-hydrogen) atoms. The number of nitriles is 1. The van der Waals surface area contributed by atoms with Crippen molar-refractivity contribution in [3.05, 3.63) is 23.8 Å². The Balaban J connectivity index is 3.41. The fraction of sp³-hybridized carbons (Fsp3) is 0.417. The molecule has 0 spiro atoms. The SMILES string of the molecule is CC(C)N(CC(F)(F)F)S(=O)(=O)c1ccc(N)cc1C#N. The van der Waals surface area contributed by atoms with Crippen LogP contribution in [0.1, 0.15) is 19.4 Å². The molecule has 0 saturated heterocycles. The van der Waals surface area contributed by atoms with E-state index in [0.29, 0.717) is 4.31 Å². The van der Waals surface area contributed by atoms with Crippen LogP contribution in [0, 0.1) is 11.3 Å². The van der Waals surface area contributed by atoms with Crippen LogP contribution in [0.25, 0.3) is 0 Å². The van der Waals surface area contributed by atoms with E-state index < -0.39 is 33.7 Å². The van der Waals surface area contributed by atoms with Gasteiger partial charge in [-0.05, 0) is 32.0 Å². The summed E-state index contributed by atoms with van der Waals surface area (Å²) in [5.41, 5.74) is 5.31. The third-order valence-electron chi connectivity index (χ3n) is 2.62. The molecule has 0 atom stereocenters. The lowest BCUT2D eigenvalue weighted by molar-refractivity contribution is -0.138. The predicted molar refractivity (Wildman–Crippen MR) is 70.7 cm³/mol. The third kappa shape index (κ3) is 4.09. The van der Waals surface area contributed by atoms with E-state index in [0.717, 1.165) is 12.1 Å². The zero-order valence-corrected chi connectivity index (χ0v) is 12.2. The summed E-state index contributed by atoms with van der Waals surface area (Å²) in [6, 6.07) is 4.08.